The number of ether oxygens (including phenoxy) is 1. The molecule has 9 nitrogen and oxygen atoms in total. The normalized spacial score (nSPS) is 31.7. The second-order valence-corrected chi connectivity index (χ2v) is 5.85. The average molecular weight is 297 g/mol. The molecule has 2 aliphatic heterocycles. The Hall–Kier alpha value is -1.62. The number of hydrogen-bond acceptors (Lipinski definition) is 8. The van der Waals surface area contributed by atoms with Crippen molar-refractivity contribution in [3.63, 3.8) is 0 Å². The van der Waals surface area contributed by atoms with Gasteiger partial charge in [-0.15, -0.1) is 0 Å². The maximum atomic E-state index is 11.8. The van der Waals surface area contributed by atoms with E-state index in [4.69, 9.17) is 10.5 Å². The predicted octanol–water partition coefficient (Wildman–Crippen LogP) is -1.57. The lowest BCUT2D eigenvalue weighted by Crippen LogP contribution is -2.30. The first-order valence-electron chi connectivity index (χ1n) is 5.99. The topological polar surface area (TPSA) is 139 Å². The molecule has 5 N–H and O–H groups in total. The van der Waals surface area contributed by atoms with Gasteiger partial charge in [-0.1, -0.05) is 11.8 Å². The summed E-state index contributed by atoms with van der Waals surface area (Å²) in [5, 5.41) is 19.5. The second-order valence-electron chi connectivity index (χ2n) is 4.71. The number of aromatic nitrogens is 4. The van der Waals surface area contributed by atoms with Gasteiger partial charge in [0.1, 0.15) is 6.10 Å². The van der Waals surface area contributed by atoms with Crippen molar-refractivity contribution < 1.29 is 14.9 Å². The van der Waals surface area contributed by atoms with Crippen LogP contribution in [0, 0.1) is 0 Å². The van der Waals surface area contributed by atoms with E-state index in [1.807, 2.05) is 0 Å². The van der Waals surface area contributed by atoms with Crippen LogP contribution in [0.2, 0.25) is 0 Å². The van der Waals surface area contributed by atoms with Gasteiger partial charge in [-0.3, -0.25) is 14.3 Å². The van der Waals surface area contributed by atoms with E-state index in [0.717, 1.165) is 0 Å². The monoisotopic (exact) mass is 297 g/mol. The Bertz CT molecular complexity index is 758. The summed E-state index contributed by atoms with van der Waals surface area (Å²) in [7, 11) is 0. The van der Waals surface area contributed by atoms with Crippen LogP contribution in [0.4, 0.5) is 5.95 Å². The number of hydrogen-bond donors (Lipinski definition) is 4. The van der Waals surface area contributed by atoms with E-state index in [1.165, 1.54) is 11.8 Å². The van der Waals surface area contributed by atoms with E-state index in [9.17, 15) is 15.0 Å². The summed E-state index contributed by atoms with van der Waals surface area (Å²) in [6.45, 7) is -0.271. The number of aliphatic hydroxyl groups excluding tert-OH is 2. The molecule has 0 radical (unpaired) electrons. The maximum Gasteiger partial charge on any atom is 0.280 e. The van der Waals surface area contributed by atoms with Gasteiger partial charge in [0, 0.05) is 0 Å². The Balaban J connectivity index is 1.90. The molecule has 0 aliphatic carbocycles. The number of nitrogens with zero attached hydrogens (tertiary/aromatic N) is 3. The summed E-state index contributed by atoms with van der Waals surface area (Å²) in [4.78, 5) is 22.5. The number of nitrogens with two attached hydrogens (primary N) is 1. The number of nitrogen functional groups attached to an aromatic ring is 1. The molecule has 0 aromatic carbocycles. The lowest BCUT2D eigenvalue weighted by Gasteiger charge is -2.12. The quantitative estimate of drug-likeness (QED) is 0.495. The second kappa shape index (κ2) is 3.95. The first-order valence-corrected chi connectivity index (χ1v) is 6.87. The summed E-state index contributed by atoms with van der Waals surface area (Å²) in [5.41, 5.74) is 5.65. The van der Waals surface area contributed by atoms with E-state index in [0.29, 0.717) is 10.8 Å². The van der Waals surface area contributed by atoms with Gasteiger partial charge in [-0.05, 0) is 0 Å². The number of rotatable bonds is 1. The summed E-state index contributed by atoms with van der Waals surface area (Å²) >= 11 is 1.31. The number of fused-ring (bicyclic) bond motifs is 5. The third kappa shape index (κ3) is 1.41. The van der Waals surface area contributed by atoms with E-state index in [2.05, 4.69) is 15.0 Å². The first kappa shape index (κ1) is 12.1. The summed E-state index contributed by atoms with van der Waals surface area (Å²) in [5.74, 6) is -0.00379. The lowest BCUT2D eigenvalue weighted by atomic mass is 10.2. The minimum Gasteiger partial charge on any atom is -0.394 e. The van der Waals surface area contributed by atoms with Gasteiger partial charge in [0.25, 0.3) is 5.56 Å². The Kier molecular flexibility index (Phi) is 2.40. The van der Waals surface area contributed by atoms with Crippen LogP contribution in [0.25, 0.3) is 11.2 Å². The summed E-state index contributed by atoms with van der Waals surface area (Å²) < 4.78 is 7.28. The van der Waals surface area contributed by atoms with Gasteiger partial charge < -0.3 is 20.7 Å². The molecule has 1 fully saturated rings. The molecular formula is C10H11N5O4S. The molecule has 2 aliphatic rings. The maximum absolute atomic E-state index is 11.8. The average Bonchev–Trinajstić information content (AvgIpc) is 3.00. The number of aromatic amines is 1. The van der Waals surface area contributed by atoms with Gasteiger partial charge >= 0.3 is 0 Å². The van der Waals surface area contributed by atoms with Crippen molar-refractivity contribution in [2.45, 2.75) is 28.8 Å². The highest BCUT2D eigenvalue weighted by molar-refractivity contribution is 8.00. The predicted molar refractivity (Wildman–Crippen MR) is 69.2 cm³/mol. The zero-order valence-electron chi connectivity index (χ0n) is 10.1. The van der Waals surface area contributed by atoms with Crippen molar-refractivity contribution in [3.05, 3.63) is 10.4 Å². The molecule has 1 saturated heterocycles. The van der Waals surface area contributed by atoms with Crippen molar-refractivity contribution in [3.8, 4) is 0 Å². The van der Waals surface area contributed by atoms with E-state index < -0.39 is 24.0 Å². The van der Waals surface area contributed by atoms with Crippen molar-refractivity contribution in [1.29, 1.82) is 0 Å². The standard InChI is InChI=1S/C10H11N5O4S/c11-9-13-6-3(7(18)14-9)12-10-15(6)8-5(20-10)4(17)2(1-16)19-8/h2,4-5,8,16-17H,1H2,(H3,11,13,14,18). The van der Waals surface area contributed by atoms with Crippen LogP contribution >= 0.6 is 11.8 Å². The SMILES string of the molecule is Nc1nc2c(nc3n2C2OC(CO)C(O)C2S3)c(=O)[nH]1. The van der Waals surface area contributed by atoms with Gasteiger partial charge in [0.2, 0.25) is 5.95 Å². The largest absolute Gasteiger partial charge is 0.394 e. The van der Waals surface area contributed by atoms with Gasteiger partial charge in [-0.2, -0.15) is 4.98 Å². The molecule has 20 heavy (non-hydrogen) atoms. The minimum absolute atomic E-state index is 0.00379. The molecule has 106 valence electrons. The van der Waals surface area contributed by atoms with E-state index in [-0.39, 0.29) is 23.3 Å². The first-order chi connectivity index (χ1) is 9.60. The van der Waals surface area contributed by atoms with Crippen molar-refractivity contribution in [2.75, 3.05) is 12.3 Å². The molecule has 4 heterocycles. The van der Waals surface area contributed by atoms with Crippen LogP contribution in [0.1, 0.15) is 6.23 Å². The number of imidazole rings is 1. The molecule has 2 aromatic heterocycles. The lowest BCUT2D eigenvalue weighted by molar-refractivity contribution is -0.0448. The van der Waals surface area contributed by atoms with Gasteiger partial charge in [-0.25, -0.2) is 4.98 Å². The fourth-order valence-corrected chi connectivity index (χ4v) is 3.93. The molecule has 0 saturated carbocycles. The number of H-pyrrole nitrogens is 1. The highest BCUT2D eigenvalue weighted by atomic mass is 32.2. The van der Waals surface area contributed by atoms with E-state index in [1.54, 1.807) is 4.57 Å². The Labute approximate surface area is 115 Å². The van der Waals surface area contributed by atoms with Crippen LogP contribution in [0.5, 0.6) is 0 Å². The highest BCUT2D eigenvalue weighted by Gasteiger charge is 2.51. The van der Waals surface area contributed by atoms with Crippen LogP contribution < -0.4 is 11.3 Å². The molecule has 2 aromatic rings. The highest BCUT2D eigenvalue weighted by Crippen LogP contribution is 2.48. The van der Waals surface area contributed by atoms with Crippen LogP contribution in [0.3, 0.4) is 0 Å². The van der Waals surface area contributed by atoms with Gasteiger partial charge in [0.15, 0.2) is 22.5 Å². The van der Waals surface area contributed by atoms with Crippen molar-refractivity contribution in [1.82, 2.24) is 19.5 Å². The zero-order chi connectivity index (χ0) is 14.0. The number of aliphatic hydroxyl groups is 2. The van der Waals surface area contributed by atoms with Crippen LogP contribution in [-0.2, 0) is 4.74 Å². The molecular weight excluding hydrogens is 286 g/mol. The van der Waals surface area contributed by atoms with Crippen molar-refractivity contribution in [2.24, 2.45) is 0 Å². The molecule has 10 heteroatoms. The molecule has 4 atom stereocenters. The Morgan fingerprint density at radius 1 is 1.50 bits per heavy atom. The third-order valence-electron chi connectivity index (χ3n) is 3.53. The number of thioether (sulfide) groups is 1. The molecule has 0 bridgehead atoms. The molecule has 4 rings (SSSR count). The molecule has 0 amide bonds. The number of nitrogens with one attached hydrogen (secondary N) is 1. The van der Waals surface area contributed by atoms with Crippen LogP contribution in [-0.4, -0.2) is 53.8 Å². The Morgan fingerprint density at radius 2 is 2.30 bits per heavy atom. The van der Waals surface area contributed by atoms with Gasteiger partial charge in [0.05, 0.1) is 18.0 Å². The summed E-state index contributed by atoms with van der Waals surface area (Å²) in [6, 6.07) is 0. The number of anilines is 1. The molecule has 4 unspecified atom stereocenters. The zero-order valence-corrected chi connectivity index (χ0v) is 10.9. The fraction of sp³-hybridized carbons (Fsp3) is 0.500. The fourth-order valence-electron chi connectivity index (χ4n) is 2.62. The van der Waals surface area contributed by atoms with Crippen LogP contribution in [0.15, 0.2) is 9.95 Å². The third-order valence-corrected chi connectivity index (χ3v) is 4.81. The minimum atomic E-state index is -0.800. The van der Waals surface area contributed by atoms with Crippen molar-refractivity contribution >= 4 is 28.9 Å². The Morgan fingerprint density at radius 3 is 3.05 bits per heavy atom. The smallest absolute Gasteiger partial charge is 0.280 e. The van der Waals surface area contributed by atoms with E-state index >= 15 is 0 Å². The molecule has 0 spiro atoms. The summed E-state index contributed by atoms with van der Waals surface area (Å²) in [6.07, 6.45) is -1.96.